The van der Waals surface area contributed by atoms with Crippen LogP contribution in [0.3, 0.4) is 0 Å². The summed E-state index contributed by atoms with van der Waals surface area (Å²) in [5.41, 5.74) is 0. The van der Waals surface area contributed by atoms with Gasteiger partial charge >= 0.3 is 5.97 Å². The van der Waals surface area contributed by atoms with Gasteiger partial charge in [-0.1, -0.05) is 24.3 Å². The molecular formula is C10H13NO4. The van der Waals surface area contributed by atoms with E-state index in [-0.39, 0.29) is 11.8 Å². The van der Waals surface area contributed by atoms with E-state index in [9.17, 15) is 9.59 Å². The number of amides is 1. The van der Waals surface area contributed by atoms with E-state index in [0.717, 1.165) is 0 Å². The Morgan fingerprint density at radius 3 is 2.53 bits per heavy atom. The van der Waals surface area contributed by atoms with Gasteiger partial charge in [-0.15, -0.1) is 0 Å². The fourth-order valence-corrected chi connectivity index (χ4v) is 1.20. The van der Waals surface area contributed by atoms with Crippen molar-refractivity contribution in [1.82, 2.24) is 5.32 Å². The number of carbonyl (C=O) groups excluding carboxylic acids is 2. The Labute approximate surface area is 87.4 Å². The van der Waals surface area contributed by atoms with Gasteiger partial charge in [-0.25, -0.2) is 4.79 Å². The fraction of sp³-hybridized carbons (Fsp3) is 0.400. The Kier molecular flexibility index (Phi) is 4.05. The summed E-state index contributed by atoms with van der Waals surface area (Å²) in [7, 11) is 1.20. The van der Waals surface area contributed by atoms with E-state index >= 15 is 0 Å². The van der Waals surface area contributed by atoms with Crippen molar-refractivity contribution in [2.24, 2.45) is 5.92 Å². The molecule has 0 saturated carbocycles. The molecule has 0 aromatic heterocycles. The van der Waals surface area contributed by atoms with Gasteiger partial charge in [-0.3, -0.25) is 4.79 Å². The molecule has 1 rings (SSSR count). The highest BCUT2D eigenvalue weighted by molar-refractivity contribution is 5.88. The summed E-state index contributed by atoms with van der Waals surface area (Å²) >= 11 is 0. The Bertz CT molecular complexity index is 297. The summed E-state index contributed by atoms with van der Waals surface area (Å²) in [5, 5.41) is 11.3. The number of esters is 1. The molecule has 0 radical (unpaired) electrons. The number of nitrogens with one attached hydrogen (secondary N) is 1. The molecule has 0 aromatic rings. The minimum absolute atomic E-state index is 0.329. The Balaban J connectivity index is 2.51. The van der Waals surface area contributed by atoms with Gasteiger partial charge in [0.2, 0.25) is 5.91 Å². The molecule has 5 heteroatoms. The predicted octanol–water partition coefficient (Wildman–Crippen LogP) is -0.621. The van der Waals surface area contributed by atoms with Crippen molar-refractivity contribution in [1.29, 1.82) is 0 Å². The summed E-state index contributed by atoms with van der Waals surface area (Å²) in [5.74, 6) is -1.36. The van der Waals surface area contributed by atoms with Crippen LogP contribution in [0.2, 0.25) is 0 Å². The molecule has 2 N–H and O–H groups in total. The standard InChI is InChI=1S/C10H13NO4/c1-15-10(14)8(6-12)11-9(13)7-4-2-3-5-7/h2-5,7-8,12H,6H2,1H3,(H,11,13)/t8-/m0/s1. The maximum atomic E-state index is 11.5. The van der Waals surface area contributed by atoms with Crippen LogP contribution >= 0.6 is 0 Å². The second kappa shape index (κ2) is 5.31. The fourth-order valence-electron chi connectivity index (χ4n) is 1.20. The molecule has 0 unspecified atom stereocenters. The molecule has 0 saturated heterocycles. The first-order valence-corrected chi connectivity index (χ1v) is 4.53. The van der Waals surface area contributed by atoms with Crippen LogP contribution in [0.4, 0.5) is 0 Å². The highest BCUT2D eigenvalue weighted by Crippen LogP contribution is 2.08. The number of hydrogen-bond acceptors (Lipinski definition) is 4. The largest absolute Gasteiger partial charge is 0.467 e. The number of ether oxygens (including phenoxy) is 1. The first-order chi connectivity index (χ1) is 7.19. The first-order valence-electron chi connectivity index (χ1n) is 4.53. The molecule has 0 heterocycles. The Hall–Kier alpha value is -1.62. The van der Waals surface area contributed by atoms with E-state index in [2.05, 4.69) is 10.1 Å². The molecule has 1 atom stereocenters. The lowest BCUT2D eigenvalue weighted by Gasteiger charge is -2.15. The van der Waals surface area contributed by atoms with E-state index in [1.807, 2.05) is 0 Å². The van der Waals surface area contributed by atoms with Crippen LogP contribution in [0, 0.1) is 5.92 Å². The Morgan fingerprint density at radius 1 is 1.47 bits per heavy atom. The van der Waals surface area contributed by atoms with Gasteiger partial charge in [-0.2, -0.15) is 0 Å². The van der Waals surface area contributed by atoms with Gasteiger partial charge < -0.3 is 15.2 Å². The lowest BCUT2D eigenvalue weighted by Crippen LogP contribution is -2.45. The predicted molar refractivity (Wildman–Crippen MR) is 52.8 cm³/mol. The van der Waals surface area contributed by atoms with Crippen molar-refractivity contribution in [3.8, 4) is 0 Å². The van der Waals surface area contributed by atoms with Crippen molar-refractivity contribution in [2.75, 3.05) is 13.7 Å². The van der Waals surface area contributed by atoms with E-state index in [1.165, 1.54) is 7.11 Å². The topological polar surface area (TPSA) is 75.6 Å². The number of methoxy groups -OCH3 is 1. The number of carbonyl (C=O) groups is 2. The van der Waals surface area contributed by atoms with Crippen LogP contribution in [-0.2, 0) is 14.3 Å². The van der Waals surface area contributed by atoms with E-state index in [4.69, 9.17) is 5.11 Å². The Morgan fingerprint density at radius 2 is 2.07 bits per heavy atom. The molecule has 15 heavy (non-hydrogen) atoms. The third-order valence-electron chi connectivity index (χ3n) is 2.04. The van der Waals surface area contributed by atoms with Gasteiger partial charge in [0.25, 0.3) is 0 Å². The second-order valence-electron chi connectivity index (χ2n) is 3.06. The third-order valence-corrected chi connectivity index (χ3v) is 2.04. The summed E-state index contributed by atoms with van der Waals surface area (Å²) in [6.45, 7) is -0.474. The van der Waals surface area contributed by atoms with Gasteiger partial charge in [0.1, 0.15) is 0 Å². The number of aliphatic hydroxyl groups is 1. The average Bonchev–Trinajstić information content (AvgIpc) is 2.77. The highest BCUT2D eigenvalue weighted by atomic mass is 16.5. The number of aliphatic hydroxyl groups excluding tert-OH is 1. The van der Waals surface area contributed by atoms with Gasteiger partial charge in [0, 0.05) is 0 Å². The zero-order chi connectivity index (χ0) is 11.3. The van der Waals surface area contributed by atoms with Crippen molar-refractivity contribution < 1.29 is 19.4 Å². The van der Waals surface area contributed by atoms with Crippen LogP contribution in [0.25, 0.3) is 0 Å². The van der Waals surface area contributed by atoms with E-state index in [1.54, 1.807) is 24.3 Å². The first kappa shape index (κ1) is 11.5. The monoisotopic (exact) mass is 211 g/mol. The van der Waals surface area contributed by atoms with E-state index < -0.39 is 18.6 Å². The molecule has 82 valence electrons. The molecule has 0 bridgehead atoms. The average molecular weight is 211 g/mol. The molecular weight excluding hydrogens is 198 g/mol. The second-order valence-corrected chi connectivity index (χ2v) is 3.06. The van der Waals surface area contributed by atoms with Crippen molar-refractivity contribution in [3.63, 3.8) is 0 Å². The smallest absolute Gasteiger partial charge is 0.330 e. The summed E-state index contributed by atoms with van der Waals surface area (Å²) in [6, 6.07) is -0.995. The van der Waals surface area contributed by atoms with Crippen LogP contribution < -0.4 is 5.32 Å². The molecule has 0 aliphatic heterocycles. The molecule has 0 aromatic carbocycles. The van der Waals surface area contributed by atoms with Gasteiger partial charge in [-0.05, 0) is 0 Å². The number of allylic oxidation sites excluding steroid dienone is 2. The number of rotatable bonds is 4. The molecule has 1 aliphatic carbocycles. The summed E-state index contributed by atoms with van der Waals surface area (Å²) in [6.07, 6.45) is 6.88. The molecule has 1 amide bonds. The zero-order valence-electron chi connectivity index (χ0n) is 8.34. The van der Waals surface area contributed by atoms with Crippen molar-refractivity contribution >= 4 is 11.9 Å². The highest BCUT2D eigenvalue weighted by Gasteiger charge is 2.23. The van der Waals surface area contributed by atoms with Crippen LogP contribution in [-0.4, -0.2) is 36.7 Å². The number of hydrogen-bond donors (Lipinski definition) is 2. The lowest BCUT2D eigenvalue weighted by atomic mass is 10.1. The minimum atomic E-state index is -0.995. The maximum Gasteiger partial charge on any atom is 0.330 e. The van der Waals surface area contributed by atoms with Crippen LogP contribution in [0.15, 0.2) is 24.3 Å². The maximum absolute atomic E-state index is 11.5. The molecule has 0 spiro atoms. The molecule has 5 nitrogen and oxygen atoms in total. The van der Waals surface area contributed by atoms with Crippen LogP contribution in [0.5, 0.6) is 0 Å². The summed E-state index contributed by atoms with van der Waals surface area (Å²) in [4.78, 5) is 22.6. The SMILES string of the molecule is COC(=O)[C@H](CO)NC(=O)C1C=CC=C1. The van der Waals surface area contributed by atoms with Gasteiger partial charge in [0.05, 0.1) is 19.6 Å². The lowest BCUT2D eigenvalue weighted by molar-refractivity contribution is -0.146. The summed E-state index contributed by atoms with van der Waals surface area (Å²) < 4.78 is 4.42. The van der Waals surface area contributed by atoms with Crippen LogP contribution in [0.1, 0.15) is 0 Å². The van der Waals surface area contributed by atoms with Gasteiger partial charge in [0.15, 0.2) is 6.04 Å². The van der Waals surface area contributed by atoms with Crippen molar-refractivity contribution in [3.05, 3.63) is 24.3 Å². The quantitative estimate of drug-likeness (QED) is 0.608. The van der Waals surface area contributed by atoms with E-state index in [0.29, 0.717) is 0 Å². The molecule has 1 aliphatic rings. The zero-order valence-corrected chi connectivity index (χ0v) is 8.34. The normalized spacial score (nSPS) is 16.4. The third kappa shape index (κ3) is 2.92. The van der Waals surface area contributed by atoms with Crippen molar-refractivity contribution in [2.45, 2.75) is 6.04 Å². The minimum Gasteiger partial charge on any atom is -0.467 e. The molecule has 0 fully saturated rings.